The number of phenols is 1. The van der Waals surface area contributed by atoms with Crippen LogP contribution < -0.4 is 11.1 Å². The summed E-state index contributed by atoms with van der Waals surface area (Å²) in [6, 6.07) is 4.99. The van der Waals surface area contributed by atoms with Crippen molar-refractivity contribution in [2.24, 2.45) is 5.73 Å². The van der Waals surface area contributed by atoms with Gasteiger partial charge >= 0.3 is 0 Å². The highest BCUT2D eigenvalue weighted by Gasteiger charge is 2.21. The van der Waals surface area contributed by atoms with Gasteiger partial charge in [-0.25, -0.2) is 0 Å². The van der Waals surface area contributed by atoms with Crippen LogP contribution in [0.3, 0.4) is 0 Å². The minimum Gasteiger partial charge on any atom is -0.507 e. The fourth-order valence-electron chi connectivity index (χ4n) is 1.69. The summed E-state index contributed by atoms with van der Waals surface area (Å²) in [5.41, 5.74) is 6.93. The van der Waals surface area contributed by atoms with Gasteiger partial charge in [0, 0.05) is 12.1 Å². The van der Waals surface area contributed by atoms with Crippen molar-refractivity contribution in [1.82, 2.24) is 5.32 Å². The van der Waals surface area contributed by atoms with Gasteiger partial charge in [0.1, 0.15) is 5.75 Å². The molecule has 0 spiro atoms. The maximum Gasteiger partial charge on any atom is 0.255 e. The maximum absolute atomic E-state index is 11.9. The Kier molecular flexibility index (Phi) is 4.73. The lowest BCUT2D eigenvalue weighted by molar-refractivity contribution is 0.0939. The molecular weight excluding hydrogens is 228 g/mol. The van der Waals surface area contributed by atoms with Crippen molar-refractivity contribution in [1.29, 1.82) is 0 Å². The number of hydrogen-bond donors (Lipinski definition) is 3. The standard InChI is InChI=1S/C14H22N2O2/c1-4-14(15,5-2)9-16-13(18)11-7-6-10(3)8-12(11)17/h6-8,17H,4-5,9,15H2,1-3H3,(H,16,18). The average molecular weight is 250 g/mol. The largest absolute Gasteiger partial charge is 0.507 e. The highest BCUT2D eigenvalue weighted by atomic mass is 16.3. The predicted molar refractivity (Wildman–Crippen MR) is 72.7 cm³/mol. The molecule has 0 atom stereocenters. The van der Waals surface area contributed by atoms with Crippen LogP contribution in [0, 0.1) is 6.92 Å². The number of aromatic hydroxyl groups is 1. The van der Waals surface area contributed by atoms with Crippen molar-refractivity contribution in [3.63, 3.8) is 0 Å². The van der Waals surface area contributed by atoms with Crippen LogP contribution in [0.5, 0.6) is 5.75 Å². The molecule has 1 aromatic rings. The lowest BCUT2D eigenvalue weighted by atomic mass is 9.94. The van der Waals surface area contributed by atoms with E-state index in [1.807, 2.05) is 20.8 Å². The molecule has 4 N–H and O–H groups in total. The molecule has 0 bridgehead atoms. The first-order chi connectivity index (χ1) is 8.41. The van der Waals surface area contributed by atoms with E-state index in [4.69, 9.17) is 5.73 Å². The molecule has 0 unspecified atom stereocenters. The van der Waals surface area contributed by atoms with Crippen LogP contribution in [-0.2, 0) is 0 Å². The number of aryl methyl sites for hydroxylation is 1. The van der Waals surface area contributed by atoms with Crippen LogP contribution in [0.2, 0.25) is 0 Å². The van der Waals surface area contributed by atoms with Gasteiger partial charge in [0.25, 0.3) is 5.91 Å². The fourth-order valence-corrected chi connectivity index (χ4v) is 1.69. The van der Waals surface area contributed by atoms with E-state index in [-0.39, 0.29) is 22.8 Å². The quantitative estimate of drug-likeness (QED) is 0.747. The van der Waals surface area contributed by atoms with Gasteiger partial charge in [0.05, 0.1) is 5.56 Å². The molecule has 0 aliphatic carbocycles. The van der Waals surface area contributed by atoms with Crippen molar-refractivity contribution < 1.29 is 9.90 Å². The lowest BCUT2D eigenvalue weighted by Crippen LogP contribution is -2.49. The van der Waals surface area contributed by atoms with Crippen LogP contribution in [0.4, 0.5) is 0 Å². The normalized spacial score (nSPS) is 11.3. The molecule has 0 fully saturated rings. The summed E-state index contributed by atoms with van der Waals surface area (Å²) in [5.74, 6) is -0.285. The minimum absolute atomic E-state index is 0.00289. The molecule has 0 saturated heterocycles. The number of phenolic OH excluding ortho intramolecular Hbond substituents is 1. The third kappa shape index (κ3) is 3.47. The van der Waals surface area contributed by atoms with Crippen molar-refractivity contribution in [2.75, 3.05) is 6.54 Å². The summed E-state index contributed by atoms with van der Waals surface area (Å²) in [7, 11) is 0. The molecule has 1 rings (SSSR count). The Bertz CT molecular complexity index is 426. The summed E-state index contributed by atoms with van der Waals surface area (Å²) < 4.78 is 0. The van der Waals surface area contributed by atoms with E-state index >= 15 is 0 Å². The molecule has 1 aromatic carbocycles. The Morgan fingerprint density at radius 1 is 1.39 bits per heavy atom. The molecule has 0 saturated carbocycles. The molecule has 4 nitrogen and oxygen atoms in total. The smallest absolute Gasteiger partial charge is 0.255 e. The monoisotopic (exact) mass is 250 g/mol. The van der Waals surface area contributed by atoms with E-state index in [9.17, 15) is 9.90 Å². The number of hydrogen-bond acceptors (Lipinski definition) is 3. The number of amides is 1. The summed E-state index contributed by atoms with van der Waals surface area (Å²) >= 11 is 0. The van der Waals surface area contributed by atoms with Crippen molar-refractivity contribution in [3.05, 3.63) is 29.3 Å². The van der Waals surface area contributed by atoms with Gasteiger partial charge in [-0.2, -0.15) is 0 Å². The predicted octanol–water partition coefficient (Wildman–Crippen LogP) is 1.95. The molecule has 18 heavy (non-hydrogen) atoms. The topological polar surface area (TPSA) is 75.3 Å². The molecule has 100 valence electrons. The Labute approximate surface area is 108 Å². The first kappa shape index (κ1) is 14.5. The zero-order chi connectivity index (χ0) is 13.8. The van der Waals surface area contributed by atoms with E-state index in [0.29, 0.717) is 6.54 Å². The molecule has 0 heterocycles. The number of carbonyl (C=O) groups is 1. The van der Waals surface area contributed by atoms with Gasteiger partial charge in [-0.15, -0.1) is 0 Å². The second-order valence-corrected chi connectivity index (χ2v) is 4.77. The maximum atomic E-state index is 11.9. The molecule has 0 aliphatic rings. The van der Waals surface area contributed by atoms with Crippen LogP contribution in [0.1, 0.15) is 42.6 Å². The second kappa shape index (κ2) is 5.87. The Hall–Kier alpha value is -1.55. The summed E-state index contributed by atoms with van der Waals surface area (Å²) in [4.78, 5) is 11.9. The minimum atomic E-state index is -0.379. The third-order valence-corrected chi connectivity index (χ3v) is 3.41. The number of rotatable bonds is 5. The summed E-state index contributed by atoms with van der Waals surface area (Å²) in [5, 5.41) is 12.5. The SMILES string of the molecule is CCC(N)(CC)CNC(=O)c1ccc(C)cc1O. The summed E-state index contributed by atoms with van der Waals surface area (Å²) in [6.07, 6.45) is 1.59. The van der Waals surface area contributed by atoms with Gasteiger partial charge in [0.2, 0.25) is 0 Å². The summed E-state index contributed by atoms with van der Waals surface area (Å²) in [6.45, 7) is 6.27. The van der Waals surface area contributed by atoms with Gasteiger partial charge in [-0.3, -0.25) is 4.79 Å². The van der Waals surface area contributed by atoms with Gasteiger partial charge < -0.3 is 16.2 Å². The first-order valence-corrected chi connectivity index (χ1v) is 6.28. The molecule has 0 radical (unpaired) electrons. The van der Waals surface area contributed by atoms with Crippen molar-refractivity contribution >= 4 is 5.91 Å². The Morgan fingerprint density at radius 3 is 2.50 bits per heavy atom. The van der Waals surface area contributed by atoms with Gasteiger partial charge in [0.15, 0.2) is 0 Å². The fraction of sp³-hybridized carbons (Fsp3) is 0.500. The average Bonchev–Trinajstić information content (AvgIpc) is 2.35. The highest BCUT2D eigenvalue weighted by molar-refractivity contribution is 5.96. The van der Waals surface area contributed by atoms with Crippen LogP contribution in [0.25, 0.3) is 0 Å². The molecule has 0 aromatic heterocycles. The van der Waals surface area contributed by atoms with Crippen molar-refractivity contribution in [2.45, 2.75) is 39.2 Å². The van der Waals surface area contributed by atoms with Gasteiger partial charge in [-0.05, 0) is 37.5 Å². The number of nitrogens with two attached hydrogens (primary N) is 1. The zero-order valence-electron chi connectivity index (χ0n) is 11.3. The Morgan fingerprint density at radius 2 is 2.00 bits per heavy atom. The van der Waals surface area contributed by atoms with E-state index in [1.54, 1.807) is 18.2 Å². The third-order valence-electron chi connectivity index (χ3n) is 3.41. The number of benzene rings is 1. The van der Waals surface area contributed by atoms with E-state index in [2.05, 4.69) is 5.32 Å². The highest BCUT2D eigenvalue weighted by Crippen LogP contribution is 2.18. The van der Waals surface area contributed by atoms with E-state index in [1.165, 1.54) is 0 Å². The van der Waals surface area contributed by atoms with E-state index in [0.717, 1.165) is 18.4 Å². The van der Waals surface area contributed by atoms with Crippen molar-refractivity contribution in [3.8, 4) is 5.75 Å². The van der Waals surface area contributed by atoms with Crippen LogP contribution in [-0.4, -0.2) is 23.1 Å². The van der Waals surface area contributed by atoms with E-state index < -0.39 is 0 Å². The molecule has 4 heteroatoms. The number of nitrogens with one attached hydrogen (secondary N) is 1. The van der Waals surface area contributed by atoms with Crippen LogP contribution >= 0.6 is 0 Å². The number of carbonyl (C=O) groups excluding carboxylic acids is 1. The second-order valence-electron chi connectivity index (χ2n) is 4.77. The molecule has 0 aliphatic heterocycles. The lowest BCUT2D eigenvalue weighted by Gasteiger charge is -2.26. The zero-order valence-corrected chi connectivity index (χ0v) is 11.3. The molecular formula is C14H22N2O2. The first-order valence-electron chi connectivity index (χ1n) is 6.28. The Balaban J connectivity index is 2.71. The van der Waals surface area contributed by atoms with Crippen LogP contribution in [0.15, 0.2) is 18.2 Å². The molecule has 1 amide bonds. The van der Waals surface area contributed by atoms with Gasteiger partial charge in [-0.1, -0.05) is 19.9 Å².